The van der Waals surface area contributed by atoms with E-state index in [-0.39, 0.29) is 0 Å². The molecule has 0 saturated heterocycles. The molecule has 0 saturated carbocycles. The van der Waals surface area contributed by atoms with Crippen LogP contribution in [0.4, 0.5) is 5.69 Å². The number of rotatable bonds is 1. The Hall–Kier alpha value is -1.05. The summed E-state index contributed by atoms with van der Waals surface area (Å²) < 4.78 is 0. The van der Waals surface area contributed by atoms with E-state index in [1.807, 2.05) is 24.3 Å². The minimum atomic E-state index is 0.792. The molecule has 1 aromatic rings. The van der Waals surface area contributed by atoms with Crippen molar-refractivity contribution in [3.05, 3.63) is 24.3 Å². The predicted molar refractivity (Wildman–Crippen MR) is 43.4 cm³/mol. The van der Waals surface area contributed by atoms with E-state index in [2.05, 4.69) is 6.47 Å². The van der Waals surface area contributed by atoms with E-state index < -0.39 is 0 Å². The number of hydrogen-bond acceptors (Lipinski definition) is 1. The maximum atomic E-state index is 5.45. The summed E-state index contributed by atoms with van der Waals surface area (Å²) in [5.41, 5.74) is 7.34. The standard InChI is InChI=1S/C7H8BN/c1-8-6-2-4-7(9)5-3-6/h2-5H,1,9H2. The average molecular weight is 117 g/mol. The van der Waals surface area contributed by atoms with Crippen LogP contribution in [0, 0.1) is 0 Å². The SMILES string of the molecule is C=Bc1ccc(N)cc1. The Morgan fingerprint density at radius 3 is 2.22 bits per heavy atom. The van der Waals surface area contributed by atoms with Crippen LogP contribution >= 0.6 is 0 Å². The first-order valence-corrected chi connectivity index (χ1v) is 2.81. The first-order valence-electron chi connectivity index (χ1n) is 2.81. The van der Waals surface area contributed by atoms with Crippen molar-refractivity contribution in [1.29, 1.82) is 0 Å². The second-order valence-electron chi connectivity index (χ2n) is 1.87. The third kappa shape index (κ3) is 1.42. The fourth-order valence-corrected chi connectivity index (χ4v) is 0.632. The molecule has 1 rings (SSSR count). The van der Waals surface area contributed by atoms with Crippen molar-refractivity contribution in [2.24, 2.45) is 0 Å². The average Bonchev–Trinajstić information content (AvgIpc) is 1.90. The van der Waals surface area contributed by atoms with Gasteiger partial charge in [-0.15, -0.1) is 0 Å². The Morgan fingerprint density at radius 1 is 1.22 bits per heavy atom. The Morgan fingerprint density at radius 2 is 1.78 bits per heavy atom. The van der Waals surface area contributed by atoms with Crippen LogP contribution in [-0.2, 0) is 0 Å². The van der Waals surface area contributed by atoms with Gasteiger partial charge in [-0.25, -0.2) is 0 Å². The van der Waals surface area contributed by atoms with Crippen molar-refractivity contribution < 1.29 is 0 Å². The summed E-state index contributed by atoms with van der Waals surface area (Å²) in [6.07, 6.45) is 0. The van der Waals surface area contributed by atoms with Gasteiger partial charge in [0, 0.05) is 0 Å². The Kier molecular flexibility index (Phi) is 1.68. The summed E-state index contributed by atoms with van der Waals surface area (Å²) in [5.74, 6) is 0. The molecule has 0 aliphatic heterocycles. The summed E-state index contributed by atoms with van der Waals surface area (Å²) in [6.45, 7) is 5.41. The van der Waals surface area contributed by atoms with Gasteiger partial charge < -0.3 is 0 Å². The van der Waals surface area contributed by atoms with Crippen LogP contribution in [0.25, 0.3) is 0 Å². The number of nitrogen functional groups attached to an aromatic ring is 1. The molecule has 0 unspecified atom stereocenters. The molecule has 0 aliphatic carbocycles. The van der Waals surface area contributed by atoms with Gasteiger partial charge in [-0.2, -0.15) is 0 Å². The van der Waals surface area contributed by atoms with Gasteiger partial charge in [0.05, 0.1) is 0 Å². The van der Waals surface area contributed by atoms with E-state index in [4.69, 9.17) is 5.73 Å². The summed E-state index contributed by atoms with van der Waals surface area (Å²) in [4.78, 5) is 0. The van der Waals surface area contributed by atoms with Gasteiger partial charge in [0.15, 0.2) is 0 Å². The summed E-state index contributed by atoms with van der Waals surface area (Å²) in [6, 6.07) is 7.58. The Labute approximate surface area is 55.4 Å². The minimum absolute atomic E-state index is 0.792. The van der Waals surface area contributed by atoms with E-state index in [1.165, 1.54) is 0 Å². The Bertz CT molecular complexity index is 203. The van der Waals surface area contributed by atoms with Gasteiger partial charge in [0.25, 0.3) is 0 Å². The van der Waals surface area contributed by atoms with Gasteiger partial charge in [0.1, 0.15) is 0 Å². The number of anilines is 1. The van der Waals surface area contributed by atoms with Crippen LogP contribution < -0.4 is 11.2 Å². The van der Waals surface area contributed by atoms with E-state index in [9.17, 15) is 0 Å². The molecule has 0 fully saturated rings. The molecular formula is C7H8BN. The van der Waals surface area contributed by atoms with Crippen molar-refractivity contribution in [1.82, 2.24) is 0 Å². The Balaban J connectivity index is 3.01. The zero-order valence-electron chi connectivity index (χ0n) is 5.17. The van der Waals surface area contributed by atoms with Crippen molar-refractivity contribution in [3.8, 4) is 0 Å². The fraction of sp³-hybridized carbons (Fsp3) is 0. The molecule has 0 heterocycles. The van der Waals surface area contributed by atoms with Gasteiger partial charge >= 0.3 is 54.5 Å². The topological polar surface area (TPSA) is 26.0 Å². The second kappa shape index (κ2) is 2.49. The van der Waals surface area contributed by atoms with Gasteiger partial charge in [0.2, 0.25) is 0 Å². The molecule has 1 aromatic carbocycles. The zero-order chi connectivity index (χ0) is 6.69. The van der Waals surface area contributed by atoms with E-state index in [1.54, 1.807) is 6.92 Å². The van der Waals surface area contributed by atoms with Crippen LogP contribution in [-0.4, -0.2) is 13.4 Å². The molecule has 0 amide bonds. The van der Waals surface area contributed by atoms with Crippen LogP contribution in [0.15, 0.2) is 24.3 Å². The molecule has 0 radical (unpaired) electrons. The van der Waals surface area contributed by atoms with E-state index in [0.717, 1.165) is 11.2 Å². The third-order valence-corrected chi connectivity index (χ3v) is 1.17. The van der Waals surface area contributed by atoms with Crippen LogP contribution in [0.5, 0.6) is 0 Å². The molecule has 44 valence electrons. The van der Waals surface area contributed by atoms with Crippen LogP contribution in [0.1, 0.15) is 0 Å². The summed E-state index contributed by atoms with van der Waals surface area (Å²) in [5, 5.41) is 0. The van der Waals surface area contributed by atoms with Gasteiger partial charge in [-0.05, 0) is 0 Å². The summed E-state index contributed by atoms with van der Waals surface area (Å²) in [7, 11) is 0. The van der Waals surface area contributed by atoms with Gasteiger partial charge in [-0.3, -0.25) is 0 Å². The quantitative estimate of drug-likeness (QED) is 0.407. The molecule has 0 aromatic heterocycles. The predicted octanol–water partition coefficient (Wildman–Crippen LogP) is 0.0303. The van der Waals surface area contributed by atoms with E-state index >= 15 is 0 Å². The van der Waals surface area contributed by atoms with Crippen molar-refractivity contribution >= 4 is 24.5 Å². The van der Waals surface area contributed by atoms with E-state index in [0.29, 0.717) is 0 Å². The van der Waals surface area contributed by atoms with Crippen molar-refractivity contribution in [3.63, 3.8) is 0 Å². The molecular weight excluding hydrogens is 109 g/mol. The first-order chi connectivity index (χ1) is 4.33. The van der Waals surface area contributed by atoms with Crippen molar-refractivity contribution in [2.45, 2.75) is 0 Å². The zero-order valence-corrected chi connectivity index (χ0v) is 5.17. The molecule has 2 N–H and O–H groups in total. The van der Waals surface area contributed by atoms with Gasteiger partial charge in [-0.1, -0.05) is 0 Å². The molecule has 0 aliphatic rings. The first kappa shape index (κ1) is 6.08. The molecule has 1 nitrogen and oxygen atoms in total. The molecule has 0 bridgehead atoms. The van der Waals surface area contributed by atoms with Crippen LogP contribution in [0.3, 0.4) is 0 Å². The number of nitrogens with two attached hydrogens (primary N) is 1. The monoisotopic (exact) mass is 117 g/mol. The normalized spacial score (nSPS) is 8.44. The fourth-order valence-electron chi connectivity index (χ4n) is 0.632. The number of benzene rings is 1. The van der Waals surface area contributed by atoms with Crippen LogP contribution in [0.2, 0.25) is 0 Å². The number of hydrogen-bond donors (Lipinski definition) is 1. The molecule has 2 heteroatoms. The molecule has 0 atom stereocenters. The second-order valence-corrected chi connectivity index (χ2v) is 1.87. The summed E-state index contributed by atoms with van der Waals surface area (Å²) >= 11 is 0. The molecule has 0 spiro atoms. The maximum absolute atomic E-state index is 5.45. The van der Waals surface area contributed by atoms with Crippen molar-refractivity contribution in [2.75, 3.05) is 5.73 Å². The third-order valence-electron chi connectivity index (χ3n) is 1.17. The molecule has 9 heavy (non-hydrogen) atoms.